The number of fused-ring (bicyclic) bond motifs is 1. The van der Waals surface area contributed by atoms with Gasteiger partial charge < -0.3 is 10.1 Å². The van der Waals surface area contributed by atoms with Gasteiger partial charge in [0.2, 0.25) is 10.0 Å². The number of hydrogen-bond donors (Lipinski definition) is 2. The van der Waals surface area contributed by atoms with Crippen LogP contribution in [0.25, 0.3) is 22.2 Å². The summed E-state index contributed by atoms with van der Waals surface area (Å²) in [5, 5.41) is 3.52. The van der Waals surface area contributed by atoms with Crippen LogP contribution in [0, 0.1) is 0 Å². The van der Waals surface area contributed by atoms with E-state index in [-0.39, 0.29) is 17.3 Å². The van der Waals surface area contributed by atoms with Crippen LogP contribution < -0.4 is 10.0 Å². The molecule has 0 aliphatic carbocycles. The summed E-state index contributed by atoms with van der Waals surface area (Å²) in [7, 11) is -3.56. The summed E-state index contributed by atoms with van der Waals surface area (Å²) in [6.45, 7) is 0.242. The van der Waals surface area contributed by atoms with Gasteiger partial charge in [0.25, 0.3) is 5.91 Å². The van der Waals surface area contributed by atoms with Crippen molar-refractivity contribution < 1.29 is 18.0 Å². The zero-order valence-electron chi connectivity index (χ0n) is 19.6. The zero-order valence-corrected chi connectivity index (χ0v) is 20.4. The second-order valence-electron chi connectivity index (χ2n) is 8.36. The Hall–Kier alpha value is -3.88. The SMILES string of the molecule is O=CC(CCCCNS(=O)(=O)c1ccccc1)NC(=O)c1cc(-c2ccccc2)nc2ccccc12. The van der Waals surface area contributed by atoms with Gasteiger partial charge in [0, 0.05) is 17.5 Å². The average molecular weight is 502 g/mol. The van der Waals surface area contributed by atoms with Crippen LogP contribution in [0.1, 0.15) is 29.6 Å². The fourth-order valence-electron chi connectivity index (χ4n) is 3.92. The largest absolute Gasteiger partial charge is 0.343 e. The number of amides is 1. The van der Waals surface area contributed by atoms with Gasteiger partial charge in [-0.1, -0.05) is 66.7 Å². The summed E-state index contributed by atoms with van der Waals surface area (Å²) in [4.78, 5) is 29.8. The highest BCUT2D eigenvalue weighted by Gasteiger charge is 2.18. The first-order valence-electron chi connectivity index (χ1n) is 11.7. The third-order valence-electron chi connectivity index (χ3n) is 5.80. The van der Waals surface area contributed by atoms with Crippen LogP contribution in [0.15, 0.2) is 95.9 Å². The molecule has 1 aromatic heterocycles. The first-order chi connectivity index (χ1) is 17.5. The molecule has 0 fully saturated rings. The van der Waals surface area contributed by atoms with Crippen molar-refractivity contribution in [3.05, 3.63) is 96.6 Å². The summed E-state index contributed by atoms with van der Waals surface area (Å²) in [5.41, 5.74) is 2.70. The third-order valence-corrected chi connectivity index (χ3v) is 7.28. The molecule has 1 heterocycles. The number of aromatic nitrogens is 1. The maximum atomic E-state index is 13.2. The van der Waals surface area contributed by atoms with Crippen LogP contribution in [0.3, 0.4) is 0 Å². The quantitative estimate of drug-likeness (QED) is 0.235. The highest BCUT2D eigenvalue weighted by Crippen LogP contribution is 2.25. The number of benzene rings is 3. The Balaban J connectivity index is 1.39. The van der Waals surface area contributed by atoms with Crippen LogP contribution in [-0.4, -0.2) is 38.2 Å². The minimum atomic E-state index is -3.56. The Morgan fingerprint density at radius 1 is 0.889 bits per heavy atom. The third kappa shape index (κ3) is 6.21. The van der Waals surface area contributed by atoms with Gasteiger partial charge in [0.15, 0.2) is 0 Å². The fourth-order valence-corrected chi connectivity index (χ4v) is 5.01. The lowest BCUT2D eigenvalue weighted by atomic mass is 10.0. The average Bonchev–Trinajstić information content (AvgIpc) is 2.92. The normalized spacial score (nSPS) is 12.2. The van der Waals surface area contributed by atoms with E-state index in [0.717, 1.165) is 5.56 Å². The topological polar surface area (TPSA) is 105 Å². The number of carbonyl (C=O) groups excluding carboxylic acids is 2. The van der Waals surface area contributed by atoms with Gasteiger partial charge in [-0.05, 0) is 43.5 Å². The van der Waals surface area contributed by atoms with Gasteiger partial charge in [-0.25, -0.2) is 18.1 Å². The van der Waals surface area contributed by atoms with Gasteiger partial charge in [0.1, 0.15) is 6.29 Å². The molecule has 0 saturated carbocycles. The van der Waals surface area contributed by atoms with Gasteiger partial charge in [-0.3, -0.25) is 4.79 Å². The smallest absolute Gasteiger partial charge is 0.252 e. The molecular formula is C28H27N3O4S. The molecule has 2 N–H and O–H groups in total. The van der Waals surface area contributed by atoms with Gasteiger partial charge in [-0.15, -0.1) is 0 Å². The summed E-state index contributed by atoms with van der Waals surface area (Å²) < 4.78 is 27.2. The summed E-state index contributed by atoms with van der Waals surface area (Å²) in [6, 6.07) is 26.2. The molecule has 4 rings (SSSR count). The van der Waals surface area contributed by atoms with Gasteiger partial charge in [-0.2, -0.15) is 0 Å². The predicted octanol–water partition coefficient (Wildman–Crippen LogP) is 4.35. The summed E-state index contributed by atoms with van der Waals surface area (Å²) in [5.74, 6) is -0.354. The molecule has 0 aliphatic rings. The molecule has 36 heavy (non-hydrogen) atoms. The van der Waals surface area contributed by atoms with Crippen LogP contribution >= 0.6 is 0 Å². The molecule has 0 radical (unpaired) electrons. The summed E-state index contributed by atoms with van der Waals surface area (Å²) >= 11 is 0. The molecule has 3 aromatic carbocycles. The van der Waals surface area contributed by atoms with Crippen molar-refractivity contribution in [2.24, 2.45) is 0 Å². The van der Waals surface area contributed by atoms with Crippen molar-refractivity contribution in [2.45, 2.75) is 30.2 Å². The second-order valence-corrected chi connectivity index (χ2v) is 10.1. The number of nitrogens with zero attached hydrogens (tertiary/aromatic N) is 1. The molecule has 0 bridgehead atoms. The standard InChI is InChI=1S/C28H27N3O4S/c32-20-22(13-9-10-18-29-36(34,35)23-14-5-2-6-15-23)30-28(33)25-19-27(21-11-3-1-4-12-21)31-26-17-8-7-16-24(25)26/h1-8,11-12,14-17,19-20,22,29H,9-10,13,18H2,(H,30,33). The number of para-hydroxylation sites is 1. The van der Waals surface area contributed by atoms with Gasteiger partial charge >= 0.3 is 0 Å². The van der Waals surface area contributed by atoms with E-state index in [9.17, 15) is 18.0 Å². The lowest BCUT2D eigenvalue weighted by Crippen LogP contribution is -2.36. The Labute approximate surface area is 210 Å². The van der Waals surface area contributed by atoms with E-state index in [4.69, 9.17) is 4.98 Å². The molecule has 1 amide bonds. The van der Waals surface area contributed by atoms with Crippen molar-refractivity contribution >= 4 is 33.1 Å². The maximum Gasteiger partial charge on any atom is 0.252 e. The molecular weight excluding hydrogens is 474 g/mol. The zero-order chi connectivity index (χ0) is 25.4. The minimum absolute atomic E-state index is 0.211. The van der Waals surface area contributed by atoms with Crippen LogP contribution in [0.4, 0.5) is 0 Å². The highest BCUT2D eigenvalue weighted by molar-refractivity contribution is 7.89. The number of carbonyl (C=O) groups is 2. The molecule has 1 unspecified atom stereocenters. The Morgan fingerprint density at radius 3 is 2.28 bits per heavy atom. The van der Waals surface area contributed by atoms with E-state index in [1.54, 1.807) is 24.3 Å². The molecule has 1 atom stereocenters. The van der Waals surface area contributed by atoms with Crippen LogP contribution in [0.5, 0.6) is 0 Å². The number of unbranched alkanes of at least 4 members (excludes halogenated alkanes) is 1. The predicted molar refractivity (Wildman–Crippen MR) is 140 cm³/mol. The monoisotopic (exact) mass is 501 g/mol. The van der Waals surface area contributed by atoms with E-state index in [1.807, 2.05) is 54.6 Å². The molecule has 0 saturated heterocycles. The van der Waals surface area contributed by atoms with E-state index in [0.29, 0.717) is 47.7 Å². The molecule has 8 heteroatoms. The Morgan fingerprint density at radius 2 is 1.56 bits per heavy atom. The maximum absolute atomic E-state index is 13.2. The molecule has 4 aromatic rings. The first-order valence-corrected chi connectivity index (χ1v) is 13.2. The summed E-state index contributed by atoms with van der Waals surface area (Å²) in [6.07, 6.45) is 2.21. The van der Waals surface area contributed by atoms with E-state index in [1.165, 1.54) is 12.1 Å². The number of nitrogens with one attached hydrogen (secondary N) is 2. The minimum Gasteiger partial charge on any atom is -0.343 e. The van der Waals surface area contributed by atoms with E-state index >= 15 is 0 Å². The number of pyridine rings is 1. The fraction of sp³-hybridized carbons (Fsp3) is 0.179. The van der Waals surface area contributed by atoms with Gasteiger partial charge in [0.05, 0.1) is 27.7 Å². The van der Waals surface area contributed by atoms with Crippen molar-refractivity contribution in [1.82, 2.24) is 15.0 Å². The van der Waals surface area contributed by atoms with Crippen molar-refractivity contribution in [3.63, 3.8) is 0 Å². The van der Waals surface area contributed by atoms with Crippen LogP contribution in [-0.2, 0) is 14.8 Å². The molecule has 7 nitrogen and oxygen atoms in total. The van der Waals surface area contributed by atoms with E-state index < -0.39 is 16.1 Å². The lowest BCUT2D eigenvalue weighted by Gasteiger charge is -2.15. The molecule has 0 aliphatic heterocycles. The number of aldehydes is 1. The van der Waals surface area contributed by atoms with E-state index in [2.05, 4.69) is 10.0 Å². The van der Waals surface area contributed by atoms with Crippen molar-refractivity contribution in [1.29, 1.82) is 0 Å². The Bertz CT molecular complexity index is 1440. The highest BCUT2D eigenvalue weighted by atomic mass is 32.2. The lowest BCUT2D eigenvalue weighted by molar-refractivity contribution is -0.109. The molecule has 184 valence electrons. The van der Waals surface area contributed by atoms with Crippen molar-refractivity contribution in [3.8, 4) is 11.3 Å². The van der Waals surface area contributed by atoms with Crippen LogP contribution in [0.2, 0.25) is 0 Å². The second kappa shape index (κ2) is 11.7. The number of rotatable bonds is 11. The number of hydrogen-bond acceptors (Lipinski definition) is 5. The molecule has 0 spiro atoms. The Kier molecular flexibility index (Phi) is 8.20. The van der Waals surface area contributed by atoms with Crippen molar-refractivity contribution in [2.75, 3.05) is 6.54 Å². The first kappa shape index (κ1) is 25.2. The number of sulfonamides is 1.